The Labute approximate surface area is 178 Å². The van der Waals surface area contributed by atoms with Crippen molar-refractivity contribution >= 4 is 29.7 Å². The second kappa shape index (κ2) is 11.6. The lowest BCUT2D eigenvalue weighted by atomic mass is 9.86. The number of ether oxygens (including phenoxy) is 2. The van der Waals surface area contributed by atoms with Gasteiger partial charge in [0.05, 0.1) is 14.2 Å². The van der Waals surface area contributed by atoms with Gasteiger partial charge < -0.3 is 25.8 Å². The number of nitrogens with two attached hydrogens (primary N) is 1. The largest absolute Gasteiger partial charge is 0.468 e. The van der Waals surface area contributed by atoms with E-state index in [1.165, 1.54) is 32.0 Å². The Morgan fingerprint density at radius 2 is 1.65 bits per heavy atom. The van der Waals surface area contributed by atoms with Crippen LogP contribution in [0.2, 0.25) is 0 Å². The molecule has 0 heterocycles. The van der Waals surface area contributed by atoms with Crippen LogP contribution in [0.5, 0.6) is 0 Å². The Morgan fingerprint density at radius 3 is 2.10 bits per heavy atom. The maximum absolute atomic E-state index is 13.5. The summed E-state index contributed by atoms with van der Waals surface area (Å²) >= 11 is 0. The minimum atomic E-state index is -1.53. The highest BCUT2D eigenvalue weighted by Crippen LogP contribution is 2.20. The van der Waals surface area contributed by atoms with Crippen LogP contribution in [0.4, 0.5) is 4.39 Å². The quantitative estimate of drug-likeness (QED) is 0.326. The highest BCUT2D eigenvalue weighted by molar-refractivity contribution is 5.97. The molecular weight excluding hydrogens is 413 g/mol. The zero-order valence-electron chi connectivity index (χ0n) is 17.6. The van der Waals surface area contributed by atoms with Crippen LogP contribution in [0.25, 0.3) is 0 Å². The third kappa shape index (κ3) is 7.36. The highest BCUT2D eigenvalue weighted by Gasteiger charge is 2.41. The van der Waals surface area contributed by atoms with Crippen LogP contribution in [0.1, 0.15) is 19.4 Å². The monoisotopic (exact) mass is 439 g/mol. The average Bonchev–Trinajstić information content (AvgIpc) is 2.70. The van der Waals surface area contributed by atoms with Crippen LogP contribution >= 0.6 is 0 Å². The van der Waals surface area contributed by atoms with Crippen molar-refractivity contribution in [1.82, 2.24) is 10.6 Å². The van der Waals surface area contributed by atoms with E-state index in [-0.39, 0.29) is 6.42 Å². The van der Waals surface area contributed by atoms with E-state index in [1.54, 1.807) is 6.07 Å². The maximum atomic E-state index is 13.5. The van der Waals surface area contributed by atoms with E-state index in [2.05, 4.69) is 20.1 Å². The van der Waals surface area contributed by atoms with E-state index in [0.717, 1.165) is 14.2 Å². The molecule has 1 aromatic rings. The molecule has 1 rings (SSSR count). The van der Waals surface area contributed by atoms with E-state index in [9.17, 15) is 28.4 Å². The summed E-state index contributed by atoms with van der Waals surface area (Å²) in [6.07, 6.45) is -0.0829. The van der Waals surface area contributed by atoms with E-state index < -0.39 is 59.4 Å². The molecule has 0 bridgehead atoms. The first kappa shape index (κ1) is 25.5. The van der Waals surface area contributed by atoms with Crippen molar-refractivity contribution in [2.75, 3.05) is 14.2 Å². The molecule has 0 unspecified atom stereocenters. The first-order valence-corrected chi connectivity index (χ1v) is 9.28. The number of rotatable bonds is 10. The van der Waals surface area contributed by atoms with Gasteiger partial charge in [0.25, 0.3) is 0 Å². The van der Waals surface area contributed by atoms with Crippen molar-refractivity contribution < 1.29 is 37.8 Å². The second-order valence-electron chi connectivity index (χ2n) is 6.86. The van der Waals surface area contributed by atoms with E-state index in [1.807, 2.05) is 0 Å². The number of hydrogen-bond donors (Lipinski definition) is 3. The summed E-state index contributed by atoms with van der Waals surface area (Å²) < 4.78 is 22.6. The molecule has 170 valence electrons. The Kier molecular flexibility index (Phi) is 9.58. The lowest BCUT2D eigenvalue weighted by Gasteiger charge is -2.28. The first-order chi connectivity index (χ1) is 14.5. The molecule has 0 spiro atoms. The minimum Gasteiger partial charge on any atom is -0.468 e. The molecule has 1 aromatic carbocycles. The third-order valence-electron chi connectivity index (χ3n) is 4.59. The van der Waals surface area contributed by atoms with Crippen LogP contribution in [0.15, 0.2) is 24.3 Å². The fraction of sp³-hybridized carbons (Fsp3) is 0.450. The van der Waals surface area contributed by atoms with Crippen molar-refractivity contribution in [2.45, 2.75) is 32.4 Å². The molecular formula is C20H26FN3O7. The Balaban J connectivity index is 3.14. The first-order valence-electron chi connectivity index (χ1n) is 9.28. The summed E-state index contributed by atoms with van der Waals surface area (Å²) in [5.74, 6) is -7.52. The predicted octanol–water partition coefficient (Wildman–Crippen LogP) is -0.559. The van der Waals surface area contributed by atoms with Gasteiger partial charge >= 0.3 is 11.9 Å². The molecule has 3 atom stereocenters. The van der Waals surface area contributed by atoms with Crippen molar-refractivity contribution in [1.29, 1.82) is 0 Å². The van der Waals surface area contributed by atoms with Crippen LogP contribution in [0, 0.1) is 17.7 Å². The highest BCUT2D eigenvalue weighted by atomic mass is 19.1. The van der Waals surface area contributed by atoms with Gasteiger partial charge in [-0.1, -0.05) is 19.1 Å². The van der Waals surface area contributed by atoms with Crippen molar-refractivity contribution in [2.24, 2.45) is 17.6 Å². The van der Waals surface area contributed by atoms with Crippen molar-refractivity contribution in [3.05, 3.63) is 35.6 Å². The number of primary amides is 1. The van der Waals surface area contributed by atoms with Crippen molar-refractivity contribution in [3.63, 3.8) is 0 Å². The average molecular weight is 439 g/mol. The summed E-state index contributed by atoms with van der Waals surface area (Å²) in [6.45, 7) is 2.53. The molecule has 0 aliphatic carbocycles. The topological polar surface area (TPSA) is 154 Å². The molecule has 0 radical (unpaired) electrons. The van der Waals surface area contributed by atoms with Crippen LogP contribution in [-0.4, -0.2) is 56.0 Å². The molecule has 31 heavy (non-hydrogen) atoms. The van der Waals surface area contributed by atoms with Gasteiger partial charge in [-0.3, -0.25) is 24.0 Å². The Hall–Kier alpha value is -3.50. The molecule has 0 aromatic heterocycles. The summed E-state index contributed by atoms with van der Waals surface area (Å²) in [7, 11) is 2.10. The maximum Gasteiger partial charge on any atom is 0.320 e. The number of methoxy groups -OCH3 is 2. The minimum absolute atomic E-state index is 0.0829. The summed E-state index contributed by atoms with van der Waals surface area (Å²) in [4.78, 5) is 60.5. The molecule has 0 saturated carbocycles. The molecule has 11 heteroatoms. The van der Waals surface area contributed by atoms with Gasteiger partial charge in [0.2, 0.25) is 17.7 Å². The molecule has 4 N–H and O–H groups in total. The van der Waals surface area contributed by atoms with Crippen LogP contribution in [-0.2, 0) is 39.9 Å². The number of esters is 2. The van der Waals surface area contributed by atoms with Gasteiger partial charge in [-0.05, 0) is 17.7 Å². The summed E-state index contributed by atoms with van der Waals surface area (Å²) in [6, 6.07) is 2.77. The molecule has 10 nitrogen and oxygen atoms in total. The lowest BCUT2D eigenvalue weighted by molar-refractivity contribution is -0.162. The zero-order chi connectivity index (χ0) is 23.7. The number of amides is 3. The fourth-order valence-corrected chi connectivity index (χ4v) is 3.04. The van der Waals surface area contributed by atoms with Gasteiger partial charge in [-0.2, -0.15) is 0 Å². The second-order valence-corrected chi connectivity index (χ2v) is 6.86. The van der Waals surface area contributed by atoms with Gasteiger partial charge in [0.15, 0.2) is 5.92 Å². The normalized spacial score (nSPS) is 13.5. The Bertz CT molecular complexity index is 830. The van der Waals surface area contributed by atoms with Gasteiger partial charge in [-0.25, -0.2) is 4.39 Å². The number of carbonyl (C=O) groups is 5. The van der Waals surface area contributed by atoms with Crippen LogP contribution < -0.4 is 16.4 Å². The van der Waals surface area contributed by atoms with Crippen molar-refractivity contribution in [3.8, 4) is 0 Å². The molecule has 0 saturated heterocycles. The number of nitrogens with one attached hydrogen (secondary N) is 2. The van der Waals surface area contributed by atoms with E-state index in [4.69, 9.17) is 5.73 Å². The van der Waals surface area contributed by atoms with Gasteiger partial charge in [0, 0.05) is 19.3 Å². The van der Waals surface area contributed by atoms with Gasteiger partial charge in [0.1, 0.15) is 17.9 Å². The third-order valence-corrected chi connectivity index (χ3v) is 4.59. The lowest BCUT2D eigenvalue weighted by Crippen LogP contribution is -2.57. The zero-order valence-corrected chi connectivity index (χ0v) is 17.6. The Morgan fingerprint density at radius 1 is 1.06 bits per heavy atom. The standard InChI is InChI=1S/C20H26FN3O7/c1-10(15(19(28)30-3)20(29)31-4)16(17(22)26)24-18(27)14(23-11(2)25)9-12-6-5-7-13(21)8-12/h5-8,10,14-16H,9H2,1-4H3,(H2,22,26)(H,23,25)(H,24,27)/t10-,14-,16-/m1/s1. The molecule has 3 amide bonds. The van der Waals surface area contributed by atoms with E-state index >= 15 is 0 Å². The van der Waals surface area contributed by atoms with E-state index in [0.29, 0.717) is 5.56 Å². The molecule has 0 aliphatic rings. The summed E-state index contributed by atoms with van der Waals surface area (Å²) in [5.41, 5.74) is 5.80. The summed E-state index contributed by atoms with van der Waals surface area (Å²) in [5, 5.41) is 4.78. The number of hydrogen-bond acceptors (Lipinski definition) is 7. The predicted molar refractivity (Wildman–Crippen MR) is 106 cm³/mol. The van der Waals surface area contributed by atoms with Gasteiger partial charge in [-0.15, -0.1) is 0 Å². The molecule has 0 fully saturated rings. The SMILES string of the molecule is COC(=O)C(C(=O)OC)[C@@H](C)[C@@H](NC(=O)[C@@H](Cc1cccc(F)c1)NC(C)=O)C(N)=O. The smallest absolute Gasteiger partial charge is 0.320 e. The number of benzene rings is 1. The number of halogens is 1. The number of carbonyl (C=O) groups excluding carboxylic acids is 5. The fourth-order valence-electron chi connectivity index (χ4n) is 3.04. The molecule has 0 aliphatic heterocycles. The van der Waals surface area contributed by atoms with Crippen LogP contribution in [0.3, 0.4) is 0 Å².